The normalized spacial score (nSPS) is 16.0. The molecule has 0 saturated heterocycles. The fraction of sp³-hybridized carbons (Fsp3) is 0.310. The maximum Gasteiger partial charge on any atom is 0.338 e. The number of carbonyl (C=O) groups is 2. The molecule has 0 aliphatic heterocycles. The average Bonchev–Trinajstić information content (AvgIpc) is 2.81. The minimum Gasteiger partial charge on any atom is -0.507 e. The average molecular weight is 443 g/mol. The zero-order valence-electron chi connectivity index (χ0n) is 19.9. The predicted octanol–water partition coefficient (Wildman–Crippen LogP) is 6.43. The number of rotatable bonds is 4. The minimum atomic E-state index is -0.542. The van der Waals surface area contributed by atoms with Crippen LogP contribution in [0.25, 0.3) is 11.1 Å². The largest absolute Gasteiger partial charge is 0.507 e. The lowest BCUT2D eigenvalue weighted by Gasteiger charge is -2.42. The van der Waals surface area contributed by atoms with Crippen molar-refractivity contribution in [1.29, 1.82) is 0 Å². The highest BCUT2D eigenvalue weighted by molar-refractivity contribution is 6.14. The second-order valence-electron chi connectivity index (χ2n) is 10.1. The zero-order valence-corrected chi connectivity index (χ0v) is 19.9. The summed E-state index contributed by atoms with van der Waals surface area (Å²) in [5.74, 6) is -0.546. The Morgan fingerprint density at radius 2 is 1.36 bits per heavy atom. The third kappa shape index (κ3) is 4.06. The number of phenolic OH excluding ortho intramolecular Hbond substituents is 1. The van der Waals surface area contributed by atoms with E-state index in [0.717, 1.165) is 24.0 Å². The van der Waals surface area contributed by atoms with Crippen molar-refractivity contribution in [3.05, 3.63) is 88.5 Å². The molecule has 0 fully saturated rings. The zero-order chi connectivity index (χ0) is 24.0. The van der Waals surface area contributed by atoms with E-state index in [4.69, 9.17) is 4.74 Å². The maximum atomic E-state index is 13.1. The van der Waals surface area contributed by atoms with Crippen molar-refractivity contribution in [3.8, 4) is 16.9 Å². The number of benzene rings is 3. The van der Waals surface area contributed by atoms with E-state index in [1.165, 1.54) is 18.2 Å². The molecule has 0 unspecified atom stereocenters. The van der Waals surface area contributed by atoms with E-state index in [0.29, 0.717) is 11.1 Å². The van der Waals surface area contributed by atoms with Crippen LogP contribution in [-0.4, -0.2) is 24.0 Å². The number of carbonyl (C=O) groups excluding carboxylic acids is 2. The minimum absolute atomic E-state index is 0.0180. The summed E-state index contributed by atoms with van der Waals surface area (Å²) in [6, 6.07) is 17.8. The van der Waals surface area contributed by atoms with Crippen molar-refractivity contribution in [2.24, 2.45) is 0 Å². The van der Waals surface area contributed by atoms with Crippen molar-refractivity contribution < 1.29 is 19.4 Å². The van der Waals surface area contributed by atoms with Crippen LogP contribution in [0.2, 0.25) is 0 Å². The number of methoxy groups -OCH3 is 1. The third-order valence-corrected chi connectivity index (χ3v) is 7.00. The molecule has 1 aliphatic rings. The second kappa shape index (κ2) is 8.18. The fourth-order valence-electron chi connectivity index (χ4n) is 4.76. The predicted molar refractivity (Wildman–Crippen MR) is 130 cm³/mol. The van der Waals surface area contributed by atoms with E-state index in [1.54, 1.807) is 36.4 Å². The van der Waals surface area contributed by atoms with Gasteiger partial charge in [-0.2, -0.15) is 0 Å². The molecule has 4 rings (SSSR count). The molecule has 0 bridgehead atoms. The number of ketones is 1. The van der Waals surface area contributed by atoms with Gasteiger partial charge in [0.05, 0.1) is 12.7 Å². The Kier molecular flexibility index (Phi) is 5.65. The molecule has 170 valence electrons. The molecule has 1 N–H and O–H groups in total. The number of hydrogen-bond donors (Lipinski definition) is 1. The summed E-state index contributed by atoms with van der Waals surface area (Å²) in [5, 5.41) is 10.9. The van der Waals surface area contributed by atoms with E-state index in [1.807, 2.05) is 18.2 Å². The molecule has 0 atom stereocenters. The van der Waals surface area contributed by atoms with Crippen molar-refractivity contribution in [2.45, 2.75) is 51.4 Å². The highest BCUT2D eigenvalue weighted by Gasteiger charge is 2.37. The Hall–Kier alpha value is -3.40. The summed E-state index contributed by atoms with van der Waals surface area (Å²) >= 11 is 0. The number of aromatic hydroxyl groups is 1. The highest BCUT2D eigenvalue weighted by atomic mass is 16.5. The molecule has 0 heterocycles. The van der Waals surface area contributed by atoms with Crippen LogP contribution in [0.4, 0.5) is 0 Å². The van der Waals surface area contributed by atoms with E-state index in [2.05, 4.69) is 33.8 Å². The summed E-state index contributed by atoms with van der Waals surface area (Å²) in [7, 11) is 1.30. The molecule has 3 aromatic rings. The summed E-state index contributed by atoms with van der Waals surface area (Å²) in [5.41, 5.74) is 5.12. The van der Waals surface area contributed by atoms with Crippen molar-refractivity contribution in [2.75, 3.05) is 7.11 Å². The van der Waals surface area contributed by atoms with E-state index in [-0.39, 0.29) is 27.9 Å². The van der Waals surface area contributed by atoms with E-state index in [9.17, 15) is 14.7 Å². The molecule has 3 aromatic carbocycles. The van der Waals surface area contributed by atoms with Gasteiger partial charge < -0.3 is 9.84 Å². The second-order valence-corrected chi connectivity index (χ2v) is 10.1. The van der Waals surface area contributed by atoms with Gasteiger partial charge >= 0.3 is 5.97 Å². The quantitative estimate of drug-likeness (QED) is 0.374. The van der Waals surface area contributed by atoms with Gasteiger partial charge in [0.25, 0.3) is 0 Å². The van der Waals surface area contributed by atoms with Crippen LogP contribution in [-0.2, 0) is 15.6 Å². The molecular formula is C29H30O4. The maximum absolute atomic E-state index is 13.1. The number of hydrogen-bond acceptors (Lipinski definition) is 4. The Balaban J connectivity index is 1.72. The van der Waals surface area contributed by atoms with Gasteiger partial charge in [-0.1, -0.05) is 70.2 Å². The Labute approximate surface area is 195 Å². The van der Waals surface area contributed by atoms with Crippen LogP contribution >= 0.6 is 0 Å². The van der Waals surface area contributed by atoms with Gasteiger partial charge in [-0.05, 0) is 58.6 Å². The topological polar surface area (TPSA) is 63.6 Å². The SMILES string of the molecule is COC(=O)c1ccccc1C(=O)c1ccc(-c2cc3c(cc2O)C(C)(C)CCC3(C)C)cc1. The lowest BCUT2D eigenvalue weighted by molar-refractivity contribution is 0.0597. The molecule has 0 saturated carbocycles. The first-order chi connectivity index (χ1) is 15.5. The molecule has 0 aromatic heterocycles. The molecule has 1 aliphatic carbocycles. The molecule has 4 nitrogen and oxygen atoms in total. The number of esters is 1. The molecule has 0 amide bonds. The van der Waals surface area contributed by atoms with Crippen LogP contribution in [0.5, 0.6) is 5.75 Å². The summed E-state index contributed by atoms with van der Waals surface area (Å²) in [6.45, 7) is 8.96. The fourth-order valence-corrected chi connectivity index (χ4v) is 4.76. The highest BCUT2D eigenvalue weighted by Crippen LogP contribution is 2.49. The standard InChI is InChI=1S/C29H30O4/c1-28(2)14-15-29(3,4)24-17-25(30)22(16-23(24)28)18-10-12-19(13-11-18)26(31)20-8-6-7-9-21(20)27(32)33-5/h6-13,16-17,30H,14-15H2,1-5H3. The van der Waals surface area contributed by atoms with Gasteiger partial charge in [-0.3, -0.25) is 4.79 Å². The Morgan fingerprint density at radius 3 is 1.94 bits per heavy atom. The number of ether oxygens (including phenoxy) is 1. The summed E-state index contributed by atoms with van der Waals surface area (Å²) < 4.78 is 4.81. The van der Waals surface area contributed by atoms with Gasteiger partial charge in [0.2, 0.25) is 0 Å². The monoisotopic (exact) mass is 442 g/mol. The molecule has 0 radical (unpaired) electrons. The van der Waals surface area contributed by atoms with Gasteiger partial charge in [0.1, 0.15) is 5.75 Å². The van der Waals surface area contributed by atoms with E-state index < -0.39 is 5.97 Å². The van der Waals surface area contributed by atoms with Gasteiger partial charge in [0.15, 0.2) is 5.78 Å². The van der Waals surface area contributed by atoms with Crippen molar-refractivity contribution in [3.63, 3.8) is 0 Å². The van der Waals surface area contributed by atoms with Crippen molar-refractivity contribution in [1.82, 2.24) is 0 Å². The smallest absolute Gasteiger partial charge is 0.338 e. The number of phenols is 1. The Morgan fingerprint density at radius 1 is 0.818 bits per heavy atom. The molecular weight excluding hydrogens is 412 g/mol. The van der Waals surface area contributed by atoms with Crippen LogP contribution in [0.15, 0.2) is 60.7 Å². The lowest BCUT2D eigenvalue weighted by atomic mass is 9.62. The van der Waals surface area contributed by atoms with Gasteiger partial charge in [-0.25, -0.2) is 4.79 Å². The molecule has 0 spiro atoms. The first kappa shape index (κ1) is 22.8. The van der Waals surface area contributed by atoms with E-state index >= 15 is 0 Å². The summed E-state index contributed by atoms with van der Waals surface area (Å²) in [4.78, 5) is 25.2. The molecule has 33 heavy (non-hydrogen) atoms. The first-order valence-corrected chi connectivity index (χ1v) is 11.3. The summed E-state index contributed by atoms with van der Waals surface area (Å²) in [6.07, 6.45) is 2.17. The number of fused-ring (bicyclic) bond motifs is 1. The van der Waals surface area contributed by atoms with Crippen molar-refractivity contribution >= 4 is 11.8 Å². The molecule has 4 heteroatoms. The first-order valence-electron chi connectivity index (χ1n) is 11.3. The van der Waals surface area contributed by atoms with Crippen LogP contribution < -0.4 is 0 Å². The Bertz CT molecular complexity index is 1230. The van der Waals surface area contributed by atoms with Crippen LogP contribution in [0, 0.1) is 0 Å². The van der Waals surface area contributed by atoms with Crippen LogP contribution in [0.1, 0.15) is 77.9 Å². The third-order valence-electron chi connectivity index (χ3n) is 7.00. The van der Waals surface area contributed by atoms with Gasteiger partial charge in [0, 0.05) is 16.7 Å². The van der Waals surface area contributed by atoms with Gasteiger partial charge in [-0.15, -0.1) is 0 Å². The van der Waals surface area contributed by atoms with Crippen LogP contribution in [0.3, 0.4) is 0 Å². The lowest BCUT2D eigenvalue weighted by Crippen LogP contribution is -2.33.